The van der Waals surface area contributed by atoms with E-state index >= 15 is 0 Å². The highest BCUT2D eigenvalue weighted by Crippen LogP contribution is 2.38. The van der Waals surface area contributed by atoms with E-state index in [-0.39, 0.29) is 23.2 Å². The Morgan fingerprint density at radius 1 is 1.03 bits per heavy atom. The third-order valence-corrected chi connectivity index (χ3v) is 7.15. The van der Waals surface area contributed by atoms with Crippen LogP contribution in [-0.4, -0.2) is 41.6 Å². The summed E-state index contributed by atoms with van der Waals surface area (Å²) in [5.41, 5.74) is 4.58. The number of esters is 1. The van der Waals surface area contributed by atoms with Crippen LogP contribution in [0.3, 0.4) is 0 Å². The number of hydrogen-bond donors (Lipinski definition) is 1. The van der Waals surface area contributed by atoms with Crippen molar-refractivity contribution in [1.29, 1.82) is 0 Å². The third kappa shape index (κ3) is 5.92. The predicted molar refractivity (Wildman–Crippen MR) is 139 cm³/mol. The Kier molecular flexibility index (Phi) is 7.87. The second kappa shape index (κ2) is 11.2. The number of rotatable bonds is 8. The first-order valence-electron chi connectivity index (χ1n) is 11.6. The summed E-state index contributed by atoms with van der Waals surface area (Å²) in [7, 11) is 0. The number of amides is 2. The summed E-state index contributed by atoms with van der Waals surface area (Å²) in [6.45, 7) is 4.56. The minimum atomic E-state index is -0.384. The molecule has 0 saturated carbocycles. The molecule has 2 amide bonds. The zero-order valence-electron chi connectivity index (χ0n) is 19.8. The molecule has 1 saturated heterocycles. The van der Waals surface area contributed by atoms with E-state index in [1.165, 1.54) is 5.56 Å². The molecule has 6 nitrogen and oxygen atoms in total. The average Bonchev–Trinajstić information content (AvgIpc) is 3.24. The van der Waals surface area contributed by atoms with Crippen LogP contribution in [0.15, 0.2) is 72.8 Å². The maximum Gasteiger partial charge on any atom is 0.338 e. The van der Waals surface area contributed by atoms with Crippen LogP contribution >= 0.6 is 11.8 Å². The van der Waals surface area contributed by atoms with Crippen LogP contribution in [0.2, 0.25) is 0 Å². The normalized spacial score (nSPS) is 15.2. The zero-order chi connectivity index (χ0) is 24.8. The number of thioether (sulfide) groups is 1. The lowest BCUT2D eigenvalue weighted by molar-refractivity contribution is -0.128. The van der Waals surface area contributed by atoms with Gasteiger partial charge in [-0.1, -0.05) is 42.5 Å². The summed E-state index contributed by atoms with van der Waals surface area (Å²) in [5.74, 6) is -0.0211. The van der Waals surface area contributed by atoms with Crippen LogP contribution < -0.4 is 5.32 Å². The maximum atomic E-state index is 12.8. The molecule has 3 aromatic rings. The second-order valence-electron chi connectivity index (χ2n) is 8.31. The van der Waals surface area contributed by atoms with Gasteiger partial charge in [0.2, 0.25) is 5.91 Å². The largest absolute Gasteiger partial charge is 0.462 e. The molecule has 1 aliphatic rings. The van der Waals surface area contributed by atoms with Gasteiger partial charge >= 0.3 is 5.97 Å². The fourth-order valence-electron chi connectivity index (χ4n) is 4.01. The molecule has 0 unspecified atom stereocenters. The molecule has 4 rings (SSSR count). The van der Waals surface area contributed by atoms with Gasteiger partial charge in [0.15, 0.2) is 0 Å². The minimum absolute atomic E-state index is 0.0546. The number of aryl methyl sites for hydroxylation is 1. The van der Waals surface area contributed by atoms with Gasteiger partial charge in [-0.05, 0) is 67.3 Å². The van der Waals surface area contributed by atoms with Crippen molar-refractivity contribution >= 4 is 35.2 Å². The lowest BCUT2D eigenvalue weighted by atomic mass is 10.1. The second-order valence-corrected chi connectivity index (χ2v) is 9.38. The molecular weight excluding hydrogens is 460 g/mol. The number of nitrogens with zero attached hydrogens (tertiary/aromatic N) is 1. The first-order chi connectivity index (χ1) is 17.0. The number of benzene rings is 3. The predicted octanol–water partition coefficient (Wildman–Crippen LogP) is 5.24. The first kappa shape index (κ1) is 24.5. The van der Waals surface area contributed by atoms with E-state index in [9.17, 15) is 14.4 Å². The van der Waals surface area contributed by atoms with Crippen LogP contribution in [0.5, 0.6) is 0 Å². The molecule has 3 aromatic carbocycles. The quantitative estimate of drug-likeness (QED) is 0.439. The van der Waals surface area contributed by atoms with Gasteiger partial charge in [0.25, 0.3) is 5.91 Å². The van der Waals surface area contributed by atoms with Crippen molar-refractivity contribution in [2.75, 3.05) is 24.2 Å². The van der Waals surface area contributed by atoms with E-state index in [2.05, 4.69) is 17.4 Å². The van der Waals surface area contributed by atoms with E-state index in [1.54, 1.807) is 49.0 Å². The van der Waals surface area contributed by atoms with Gasteiger partial charge in [0, 0.05) is 17.8 Å². The number of carbonyl (C=O) groups is 3. The van der Waals surface area contributed by atoms with Gasteiger partial charge in [0.1, 0.15) is 5.37 Å². The fraction of sp³-hybridized carbons (Fsp3) is 0.250. The lowest BCUT2D eigenvalue weighted by Crippen LogP contribution is -2.30. The summed E-state index contributed by atoms with van der Waals surface area (Å²) in [4.78, 5) is 39.2. The standard InChI is InChI=1S/C28H28N2O4S/c1-3-34-28(33)23-13-14-24(19(2)17-23)29-26(32)21-9-11-22(12-10-21)27-30(25(31)18-35-27)16-15-20-7-5-4-6-8-20/h4-14,17,27H,3,15-16,18H2,1-2H3,(H,29,32)/t27-/m1/s1. The average molecular weight is 489 g/mol. The minimum Gasteiger partial charge on any atom is -0.462 e. The van der Waals surface area contributed by atoms with E-state index in [4.69, 9.17) is 4.74 Å². The van der Waals surface area contributed by atoms with Crippen LogP contribution in [0, 0.1) is 6.92 Å². The van der Waals surface area contributed by atoms with Gasteiger partial charge in [-0.3, -0.25) is 9.59 Å². The van der Waals surface area contributed by atoms with Gasteiger partial charge in [-0.15, -0.1) is 11.8 Å². The molecule has 1 fully saturated rings. The number of ether oxygens (including phenoxy) is 1. The van der Waals surface area contributed by atoms with Gasteiger partial charge in [-0.25, -0.2) is 4.79 Å². The number of hydrogen-bond acceptors (Lipinski definition) is 5. The molecule has 1 N–H and O–H groups in total. The number of anilines is 1. The molecule has 1 aliphatic heterocycles. The van der Waals surface area contributed by atoms with Crippen molar-refractivity contribution in [3.63, 3.8) is 0 Å². The van der Waals surface area contributed by atoms with Gasteiger partial charge < -0.3 is 15.0 Å². The highest BCUT2D eigenvalue weighted by atomic mass is 32.2. The Morgan fingerprint density at radius 3 is 2.43 bits per heavy atom. The molecule has 0 bridgehead atoms. The Morgan fingerprint density at radius 2 is 1.74 bits per heavy atom. The Bertz CT molecular complexity index is 1210. The van der Waals surface area contributed by atoms with Crippen molar-refractivity contribution < 1.29 is 19.1 Å². The highest BCUT2D eigenvalue weighted by Gasteiger charge is 2.32. The van der Waals surface area contributed by atoms with Crippen molar-refractivity contribution in [3.8, 4) is 0 Å². The van der Waals surface area contributed by atoms with E-state index in [0.29, 0.717) is 35.7 Å². The van der Waals surface area contributed by atoms with E-state index < -0.39 is 0 Å². The van der Waals surface area contributed by atoms with Gasteiger partial charge in [0.05, 0.1) is 17.9 Å². The molecule has 1 atom stereocenters. The lowest BCUT2D eigenvalue weighted by Gasteiger charge is -2.24. The first-order valence-corrected chi connectivity index (χ1v) is 12.6. The van der Waals surface area contributed by atoms with Crippen molar-refractivity contribution in [2.45, 2.75) is 25.6 Å². The molecule has 180 valence electrons. The van der Waals surface area contributed by atoms with Crippen LogP contribution in [0.4, 0.5) is 5.69 Å². The Labute approximate surface area is 209 Å². The zero-order valence-corrected chi connectivity index (χ0v) is 20.6. The third-order valence-electron chi connectivity index (χ3n) is 5.90. The SMILES string of the molecule is CCOC(=O)c1ccc(NC(=O)c2ccc([C@H]3SCC(=O)N3CCc3ccccc3)cc2)c(C)c1. The molecule has 35 heavy (non-hydrogen) atoms. The fourth-order valence-corrected chi connectivity index (χ4v) is 5.22. The Balaban J connectivity index is 1.41. The summed E-state index contributed by atoms with van der Waals surface area (Å²) >= 11 is 1.61. The van der Waals surface area contributed by atoms with Crippen molar-refractivity contribution in [3.05, 3.63) is 101 Å². The molecule has 0 spiro atoms. The molecule has 7 heteroatoms. The van der Waals surface area contributed by atoms with Crippen molar-refractivity contribution in [1.82, 2.24) is 4.90 Å². The smallest absolute Gasteiger partial charge is 0.338 e. The molecule has 1 heterocycles. The summed E-state index contributed by atoms with van der Waals surface area (Å²) < 4.78 is 5.03. The number of carbonyl (C=O) groups excluding carboxylic acids is 3. The van der Waals surface area contributed by atoms with Gasteiger partial charge in [-0.2, -0.15) is 0 Å². The Hall–Kier alpha value is -3.58. The molecule has 0 aliphatic carbocycles. The highest BCUT2D eigenvalue weighted by molar-refractivity contribution is 8.00. The molecule has 0 radical (unpaired) electrons. The maximum absolute atomic E-state index is 12.8. The van der Waals surface area contributed by atoms with Crippen LogP contribution in [0.25, 0.3) is 0 Å². The monoisotopic (exact) mass is 488 g/mol. The molecule has 0 aromatic heterocycles. The van der Waals surface area contributed by atoms with Crippen LogP contribution in [0.1, 0.15) is 49.7 Å². The summed E-state index contributed by atoms with van der Waals surface area (Å²) in [6, 6.07) is 22.6. The van der Waals surface area contributed by atoms with Crippen LogP contribution in [-0.2, 0) is 16.0 Å². The summed E-state index contributed by atoms with van der Waals surface area (Å²) in [6.07, 6.45) is 0.804. The topological polar surface area (TPSA) is 75.7 Å². The molecular formula is C28H28N2O4S. The van der Waals surface area contributed by atoms with E-state index in [1.807, 2.05) is 42.2 Å². The number of nitrogens with one attached hydrogen (secondary N) is 1. The summed E-state index contributed by atoms with van der Waals surface area (Å²) in [5, 5.41) is 2.85. The van der Waals surface area contributed by atoms with Crippen molar-refractivity contribution in [2.24, 2.45) is 0 Å². The van der Waals surface area contributed by atoms with E-state index in [0.717, 1.165) is 17.5 Å².